The zero-order valence-electron chi connectivity index (χ0n) is 16.1. The number of aromatic nitrogens is 2. The van der Waals surface area contributed by atoms with Crippen LogP contribution in [0.15, 0.2) is 18.2 Å². The Bertz CT molecular complexity index is 919. The van der Waals surface area contributed by atoms with E-state index in [0.29, 0.717) is 11.4 Å². The molecule has 0 radical (unpaired) electrons. The molecule has 1 aromatic heterocycles. The summed E-state index contributed by atoms with van der Waals surface area (Å²) in [6.07, 6.45) is -0.168. The predicted octanol–water partition coefficient (Wildman–Crippen LogP) is 2.92. The van der Waals surface area contributed by atoms with Crippen LogP contribution < -0.4 is 10.1 Å². The molecule has 2 rings (SSSR count). The second-order valence-corrected chi connectivity index (χ2v) is 6.48. The maximum Gasteiger partial charge on any atom is 0.335 e. The number of aryl methyl sites for hydroxylation is 2. The molecule has 28 heavy (non-hydrogen) atoms. The van der Waals surface area contributed by atoms with Crippen LogP contribution in [0.4, 0.5) is 11.4 Å². The summed E-state index contributed by atoms with van der Waals surface area (Å²) in [6.45, 7) is 6.87. The van der Waals surface area contributed by atoms with Crippen molar-refractivity contribution in [1.82, 2.24) is 9.78 Å². The van der Waals surface area contributed by atoms with Gasteiger partial charge in [0.25, 0.3) is 0 Å². The summed E-state index contributed by atoms with van der Waals surface area (Å²) >= 11 is 0. The smallest absolute Gasteiger partial charge is 0.335 e. The molecule has 2 aromatic rings. The summed E-state index contributed by atoms with van der Waals surface area (Å²) in [6, 6.07) is 4.21. The fourth-order valence-corrected chi connectivity index (χ4v) is 2.71. The van der Waals surface area contributed by atoms with Crippen molar-refractivity contribution in [3.63, 3.8) is 0 Å². The number of nitro groups is 1. The first-order valence-electron chi connectivity index (χ1n) is 8.62. The van der Waals surface area contributed by atoms with E-state index in [-0.39, 0.29) is 41.7 Å². The zero-order chi connectivity index (χ0) is 21.0. The predicted molar refractivity (Wildman–Crippen MR) is 101 cm³/mol. The minimum atomic E-state index is -1.12. The highest BCUT2D eigenvalue weighted by molar-refractivity contribution is 5.95. The van der Waals surface area contributed by atoms with Crippen LogP contribution in [0, 0.1) is 24.0 Å². The third kappa shape index (κ3) is 4.84. The second-order valence-electron chi connectivity index (χ2n) is 6.48. The van der Waals surface area contributed by atoms with E-state index >= 15 is 0 Å². The van der Waals surface area contributed by atoms with Crippen LogP contribution in [-0.2, 0) is 11.3 Å². The Morgan fingerprint density at radius 2 is 2.04 bits per heavy atom. The van der Waals surface area contributed by atoms with Gasteiger partial charge in [-0.1, -0.05) is 0 Å². The van der Waals surface area contributed by atoms with E-state index in [1.165, 1.54) is 29.8 Å². The average Bonchev–Trinajstić information content (AvgIpc) is 2.87. The summed E-state index contributed by atoms with van der Waals surface area (Å²) in [5.41, 5.74) is 0.845. The third-order valence-corrected chi connectivity index (χ3v) is 3.94. The zero-order valence-corrected chi connectivity index (χ0v) is 16.1. The number of nitrogens with one attached hydrogen (secondary N) is 1. The summed E-state index contributed by atoms with van der Waals surface area (Å²) < 4.78 is 7.02. The molecule has 2 N–H and O–H groups in total. The molecule has 0 fully saturated rings. The molecular weight excluding hydrogens is 368 g/mol. The molecule has 0 saturated carbocycles. The number of ether oxygens (including phenoxy) is 1. The third-order valence-electron chi connectivity index (χ3n) is 3.94. The molecule has 150 valence electrons. The Balaban J connectivity index is 2.14. The summed E-state index contributed by atoms with van der Waals surface area (Å²) in [5, 5.41) is 27.0. The lowest BCUT2D eigenvalue weighted by molar-refractivity contribution is -0.386. The van der Waals surface area contributed by atoms with Gasteiger partial charge >= 0.3 is 11.7 Å². The van der Waals surface area contributed by atoms with Gasteiger partial charge in [-0.25, -0.2) is 4.79 Å². The number of hydrogen-bond donors (Lipinski definition) is 2. The van der Waals surface area contributed by atoms with Crippen LogP contribution in [0.3, 0.4) is 0 Å². The lowest BCUT2D eigenvalue weighted by atomic mass is 10.2. The van der Waals surface area contributed by atoms with E-state index in [2.05, 4.69) is 10.4 Å². The largest absolute Gasteiger partial charge is 0.489 e. The second kappa shape index (κ2) is 8.51. The first-order valence-corrected chi connectivity index (χ1v) is 8.62. The molecule has 0 aliphatic heterocycles. The number of amides is 1. The molecule has 0 unspecified atom stereocenters. The number of hydrogen-bond acceptors (Lipinski definition) is 6. The van der Waals surface area contributed by atoms with Crippen LogP contribution in [0.25, 0.3) is 0 Å². The Kier molecular flexibility index (Phi) is 6.34. The van der Waals surface area contributed by atoms with Crippen molar-refractivity contribution in [3.05, 3.63) is 45.3 Å². The standard InChI is InChI=1S/C18H22N4O6/c1-10(2)28-15-6-5-13(18(24)25)9-14(15)19-16(23)7-8-21-12(4)17(22(26)27)11(3)20-21/h5-6,9-10H,7-8H2,1-4H3,(H,19,23)(H,24,25). The molecule has 1 aromatic carbocycles. The molecule has 1 heterocycles. The Hall–Kier alpha value is -3.43. The van der Waals surface area contributed by atoms with Gasteiger partial charge in [0, 0.05) is 6.42 Å². The van der Waals surface area contributed by atoms with E-state index < -0.39 is 16.8 Å². The topological polar surface area (TPSA) is 137 Å². The average molecular weight is 390 g/mol. The number of carboxylic acid groups (broad SMARTS) is 1. The van der Waals surface area contributed by atoms with Crippen LogP contribution in [0.5, 0.6) is 5.75 Å². The summed E-state index contributed by atoms with van der Waals surface area (Å²) in [5.74, 6) is -1.16. The van der Waals surface area contributed by atoms with Crippen molar-refractivity contribution in [2.75, 3.05) is 5.32 Å². The maximum absolute atomic E-state index is 12.4. The van der Waals surface area contributed by atoms with Crippen LogP contribution in [0.2, 0.25) is 0 Å². The van der Waals surface area contributed by atoms with Crippen molar-refractivity contribution in [1.29, 1.82) is 0 Å². The first kappa shape index (κ1) is 20.9. The van der Waals surface area contributed by atoms with Gasteiger partial charge in [0.1, 0.15) is 17.1 Å². The fourth-order valence-electron chi connectivity index (χ4n) is 2.71. The number of carboxylic acids is 1. The van der Waals surface area contributed by atoms with Gasteiger partial charge in [-0.3, -0.25) is 19.6 Å². The number of nitrogens with zero attached hydrogens (tertiary/aromatic N) is 3. The van der Waals surface area contributed by atoms with Crippen molar-refractivity contribution in [2.24, 2.45) is 0 Å². The molecule has 0 aliphatic rings. The minimum absolute atomic E-state index is 0.00245. The molecule has 0 saturated heterocycles. The summed E-state index contributed by atoms with van der Waals surface area (Å²) in [7, 11) is 0. The van der Waals surface area contributed by atoms with Gasteiger partial charge in [-0.15, -0.1) is 0 Å². The number of carbonyl (C=O) groups excluding carboxylic acids is 1. The van der Waals surface area contributed by atoms with Gasteiger partial charge in [0.15, 0.2) is 0 Å². The monoisotopic (exact) mass is 390 g/mol. The molecular formula is C18H22N4O6. The van der Waals surface area contributed by atoms with Gasteiger partial charge < -0.3 is 15.2 Å². The van der Waals surface area contributed by atoms with E-state index in [4.69, 9.17) is 9.84 Å². The SMILES string of the molecule is Cc1nn(CCC(=O)Nc2cc(C(=O)O)ccc2OC(C)C)c(C)c1[N+](=O)[O-]. The van der Waals surface area contributed by atoms with Crippen LogP contribution in [0.1, 0.15) is 42.0 Å². The van der Waals surface area contributed by atoms with Gasteiger partial charge in [-0.2, -0.15) is 5.10 Å². The van der Waals surface area contributed by atoms with E-state index in [0.717, 1.165) is 0 Å². The Morgan fingerprint density at radius 1 is 1.36 bits per heavy atom. The highest BCUT2D eigenvalue weighted by Gasteiger charge is 2.22. The number of benzene rings is 1. The molecule has 10 nitrogen and oxygen atoms in total. The maximum atomic E-state index is 12.4. The van der Waals surface area contributed by atoms with Crippen molar-refractivity contribution in [2.45, 2.75) is 46.8 Å². The highest BCUT2D eigenvalue weighted by atomic mass is 16.6. The Labute approximate surface area is 161 Å². The van der Waals surface area contributed by atoms with Crippen molar-refractivity contribution >= 4 is 23.3 Å². The molecule has 0 atom stereocenters. The fraction of sp³-hybridized carbons (Fsp3) is 0.389. The lowest BCUT2D eigenvalue weighted by Crippen LogP contribution is -2.17. The van der Waals surface area contributed by atoms with Gasteiger partial charge in [-0.05, 0) is 45.9 Å². The molecule has 10 heteroatoms. The molecule has 0 spiro atoms. The van der Waals surface area contributed by atoms with Crippen molar-refractivity contribution in [3.8, 4) is 5.75 Å². The molecule has 1 amide bonds. The van der Waals surface area contributed by atoms with E-state index in [1.54, 1.807) is 6.92 Å². The lowest BCUT2D eigenvalue weighted by Gasteiger charge is -2.15. The normalized spacial score (nSPS) is 10.8. The minimum Gasteiger partial charge on any atom is -0.489 e. The number of aromatic carboxylic acids is 1. The summed E-state index contributed by atoms with van der Waals surface area (Å²) in [4.78, 5) is 34.1. The van der Waals surface area contributed by atoms with Crippen LogP contribution >= 0.6 is 0 Å². The highest BCUT2D eigenvalue weighted by Crippen LogP contribution is 2.27. The van der Waals surface area contributed by atoms with E-state index in [1.807, 2.05) is 13.8 Å². The number of carbonyl (C=O) groups is 2. The molecule has 0 bridgehead atoms. The van der Waals surface area contributed by atoms with Crippen LogP contribution in [-0.4, -0.2) is 37.8 Å². The van der Waals surface area contributed by atoms with Crippen molar-refractivity contribution < 1.29 is 24.4 Å². The number of anilines is 1. The quantitative estimate of drug-likeness (QED) is 0.522. The Morgan fingerprint density at radius 3 is 2.57 bits per heavy atom. The van der Waals surface area contributed by atoms with Gasteiger partial charge in [0.2, 0.25) is 5.91 Å². The first-order chi connectivity index (χ1) is 13.1. The van der Waals surface area contributed by atoms with Gasteiger partial charge in [0.05, 0.1) is 28.8 Å². The number of rotatable bonds is 8. The van der Waals surface area contributed by atoms with E-state index in [9.17, 15) is 19.7 Å². The molecule has 0 aliphatic carbocycles.